The number of nitrogens with two attached hydrogens (primary N) is 1. The number of aryl methyl sites for hydroxylation is 1. The summed E-state index contributed by atoms with van der Waals surface area (Å²) >= 11 is 0. The van der Waals surface area contributed by atoms with Gasteiger partial charge in [-0.2, -0.15) is 0 Å². The van der Waals surface area contributed by atoms with Gasteiger partial charge in [-0.05, 0) is 51.9 Å². The van der Waals surface area contributed by atoms with Gasteiger partial charge in [0.05, 0.1) is 13.2 Å². The minimum atomic E-state index is -0.00532. The largest absolute Gasteiger partial charge is 0.496 e. The summed E-state index contributed by atoms with van der Waals surface area (Å²) < 4.78 is 5.66. The fourth-order valence-corrected chi connectivity index (χ4v) is 3.64. The quantitative estimate of drug-likeness (QED) is 0.918. The molecule has 1 aromatic rings. The molecule has 0 spiro atoms. The summed E-state index contributed by atoms with van der Waals surface area (Å²) in [5, 5.41) is 0. The molecule has 0 radical (unpaired) electrons. The van der Waals surface area contributed by atoms with Crippen molar-refractivity contribution in [3.8, 4) is 5.75 Å². The van der Waals surface area contributed by atoms with Gasteiger partial charge < -0.3 is 15.4 Å². The molecule has 3 nitrogen and oxygen atoms in total. The van der Waals surface area contributed by atoms with Gasteiger partial charge in [-0.15, -0.1) is 0 Å². The Morgan fingerprint density at radius 3 is 2.30 bits per heavy atom. The molecule has 1 saturated carbocycles. The van der Waals surface area contributed by atoms with Crippen LogP contribution in [0.25, 0.3) is 0 Å². The normalized spacial score (nSPS) is 19.4. The van der Waals surface area contributed by atoms with Crippen molar-refractivity contribution >= 4 is 0 Å². The van der Waals surface area contributed by atoms with Gasteiger partial charge in [0, 0.05) is 11.1 Å². The van der Waals surface area contributed by atoms with E-state index in [1.54, 1.807) is 7.11 Å². The van der Waals surface area contributed by atoms with Gasteiger partial charge in [-0.1, -0.05) is 25.0 Å². The summed E-state index contributed by atoms with van der Waals surface area (Å²) in [6.07, 6.45) is 4.85. The maximum Gasteiger partial charge on any atom is 0.126 e. The molecule has 1 fully saturated rings. The highest BCUT2D eigenvalue weighted by Gasteiger charge is 2.43. The van der Waals surface area contributed by atoms with E-state index in [4.69, 9.17) is 10.5 Å². The van der Waals surface area contributed by atoms with Gasteiger partial charge in [0.1, 0.15) is 5.75 Å². The van der Waals surface area contributed by atoms with E-state index in [9.17, 15) is 0 Å². The molecule has 0 bridgehead atoms. The average Bonchev–Trinajstić information content (AvgIpc) is 2.91. The molecular weight excluding hydrogens is 248 g/mol. The Morgan fingerprint density at radius 1 is 1.20 bits per heavy atom. The van der Waals surface area contributed by atoms with Crippen LogP contribution in [0, 0.1) is 13.8 Å². The standard InChI is InChI=1S/C17H28N2O/c1-12-8-9-14(15(20-5)13(12)2)16(18)17(19(3)4)10-6-7-11-17/h8-9,16H,6-7,10-11,18H2,1-5H3. The lowest BCUT2D eigenvalue weighted by atomic mass is 9.82. The molecule has 0 saturated heterocycles. The molecular formula is C17H28N2O. The molecule has 1 aliphatic carbocycles. The SMILES string of the molecule is COc1c(C(N)C2(N(C)C)CCCC2)ccc(C)c1C. The van der Waals surface area contributed by atoms with Crippen molar-refractivity contribution < 1.29 is 4.74 Å². The zero-order valence-corrected chi connectivity index (χ0v) is 13.5. The second-order valence-electron chi connectivity index (χ2n) is 6.31. The van der Waals surface area contributed by atoms with Crippen molar-refractivity contribution in [2.75, 3.05) is 21.2 Å². The second-order valence-corrected chi connectivity index (χ2v) is 6.31. The van der Waals surface area contributed by atoms with Crippen LogP contribution in [-0.2, 0) is 0 Å². The third-order valence-electron chi connectivity index (χ3n) is 5.19. The predicted octanol–water partition coefficient (Wildman–Crippen LogP) is 3.19. The van der Waals surface area contributed by atoms with E-state index < -0.39 is 0 Å². The Bertz CT molecular complexity index is 476. The molecule has 20 heavy (non-hydrogen) atoms. The first-order valence-electron chi connectivity index (χ1n) is 7.51. The smallest absolute Gasteiger partial charge is 0.126 e. The van der Waals surface area contributed by atoms with Crippen molar-refractivity contribution in [3.63, 3.8) is 0 Å². The Balaban J connectivity index is 2.47. The molecule has 2 N–H and O–H groups in total. The van der Waals surface area contributed by atoms with E-state index in [1.165, 1.54) is 24.0 Å². The van der Waals surface area contributed by atoms with Crippen LogP contribution in [0.1, 0.15) is 48.4 Å². The van der Waals surface area contributed by atoms with E-state index >= 15 is 0 Å². The molecule has 1 unspecified atom stereocenters. The highest BCUT2D eigenvalue weighted by Crippen LogP contribution is 2.45. The van der Waals surface area contributed by atoms with Gasteiger partial charge in [0.15, 0.2) is 0 Å². The lowest BCUT2D eigenvalue weighted by molar-refractivity contribution is 0.122. The van der Waals surface area contributed by atoms with Gasteiger partial charge in [0.25, 0.3) is 0 Å². The van der Waals surface area contributed by atoms with E-state index in [0.717, 1.165) is 24.2 Å². The Morgan fingerprint density at radius 2 is 1.80 bits per heavy atom. The second kappa shape index (κ2) is 5.74. The van der Waals surface area contributed by atoms with Crippen LogP contribution >= 0.6 is 0 Å². The summed E-state index contributed by atoms with van der Waals surface area (Å²) in [4.78, 5) is 2.32. The van der Waals surface area contributed by atoms with Crippen LogP contribution in [0.2, 0.25) is 0 Å². The maximum atomic E-state index is 6.71. The fraction of sp³-hybridized carbons (Fsp3) is 0.647. The summed E-state index contributed by atoms with van der Waals surface area (Å²) in [5.74, 6) is 0.964. The highest BCUT2D eigenvalue weighted by molar-refractivity contribution is 5.47. The zero-order chi connectivity index (χ0) is 14.9. The molecule has 0 heterocycles. The molecule has 3 heteroatoms. The van der Waals surface area contributed by atoms with Crippen molar-refractivity contribution in [1.29, 1.82) is 0 Å². The first-order chi connectivity index (χ1) is 9.44. The van der Waals surface area contributed by atoms with Gasteiger partial charge in [-0.3, -0.25) is 0 Å². The number of rotatable bonds is 4. The van der Waals surface area contributed by atoms with Gasteiger partial charge >= 0.3 is 0 Å². The highest BCUT2D eigenvalue weighted by atomic mass is 16.5. The van der Waals surface area contributed by atoms with Crippen molar-refractivity contribution in [2.45, 2.75) is 51.1 Å². The zero-order valence-electron chi connectivity index (χ0n) is 13.5. The van der Waals surface area contributed by atoms with Crippen LogP contribution in [0.3, 0.4) is 0 Å². The monoisotopic (exact) mass is 276 g/mol. The van der Waals surface area contributed by atoms with Crippen molar-refractivity contribution in [1.82, 2.24) is 4.90 Å². The summed E-state index contributed by atoms with van der Waals surface area (Å²) in [7, 11) is 6.05. The molecule has 1 aromatic carbocycles. The molecule has 0 amide bonds. The van der Waals surface area contributed by atoms with Crippen molar-refractivity contribution in [2.24, 2.45) is 5.73 Å². The lowest BCUT2D eigenvalue weighted by Crippen LogP contribution is -2.50. The number of nitrogens with zero attached hydrogens (tertiary/aromatic N) is 1. The van der Waals surface area contributed by atoms with Crippen LogP contribution in [0.5, 0.6) is 5.75 Å². The Labute approximate surface area is 123 Å². The van der Waals surface area contributed by atoms with Crippen LogP contribution in [0.4, 0.5) is 0 Å². The summed E-state index contributed by atoms with van der Waals surface area (Å²) in [6, 6.07) is 4.30. The number of hydrogen-bond acceptors (Lipinski definition) is 3. The van der Waals surface area contributed by atoms with Crippen LogP contribution < -0.4 is 10.5 Å². The number of methoxy groups -OCH3 is 1. The van der Waals surface area contributed by atoms with E-state index in [0.29, 0.717) is 0 Å². The minimum Gasteiger partial charge on any atom is -0.496 e. The van der Waals surface area contributed by atoms with Crippen molar-refractivity contribution in [3.05, 3.63) is 28.8 Å². The third-order valence-corrected chi connectivity index (χ3v) is 5.19. The summed E-state index contributed by atoms with van der Waals surface area (Å²) in [5.41, 5.74) is 10.4. The molecule has 1 atom stereocenters. The Kier molecular flexibility index (Phi) is 4.40. The van der Waals surface area contributed by atoms with Crippen LogP contribution in [0.15, 0.2) is 12.1 Å². The molecule has 1 aliphatic rings. The van der Waals surface area contributed by atoms with E-state index in [2.05, 4.69) is 45.0 Å². The lowest BCUT2D eigenvalue weighted by Gasteiger charge is -2.42. The molecule has 0 aromatic heterocycles. The van der Waals surface area contributed by atoms with Gasteiger partial charge in [0.2, 0.25) is 0 Å². The average molecular weight is 276 g/mol. The number of likely N-dealkylation sites (N-methyl/N-ethyl adjacent to an activating group) is 1. The fourth-order valence-electron chi connectivity index (χ4n) is 3.64. The Hall–Kier alpha value is -1.06. The first kappa shape index (κ1) is 15.3. The minimum absolute atomic E-state index is 0.00532. The molecule has 0 aliphatic heterocycles. The van der Waals surface area contributed by atoms with E-state index in [-0.39, 0.29) is 11.6 Å². The van der Waals surface area contributed by atoms with E-state index in [1.807, 2.05) is 0 Å². The topological polar surface area (TPSA) is 38.5 Å². The molecule has 2 rings (SSSR count). The number of hydrogen-bond donors (Lipinski definition) is 1. The van der Waals surface area contributed by atoms with Crippen LogP contribution in [-0.4, -0.2) is 31.6 Å². The third kappa shape index (κ3) is 2.33. The first-order valence-corrected chi connectivity index (χ1v) is 7.51. The number of benzene rings is 1. The maximum absolute atomic E-state index is 6.71. The predicted molar refractivity (Wildman–Crippen MR) is 84.3 cm³/mol. The molecule has 112 valence electrons. The number of ether oxygens (including phenoxy) is 1. The van der Waals surface area contributed by atoms with Gasteiger partial charge in [-0.25, -0.2) is 0 Å². The summed E-state index contributed by atoms with van der Waals surface area (Å²) in [6.45, 7) is 4.23.